The van der Waals surface area contributed by atoms with E-state index in [1.807, 2.05) is 32.9 Å². The zero-order valence-electron chi connectivity index (χ0n) is 22.5. The standard InChI is InChI=1S/C28H30F3N7O2/c1-27(2,3)40-26(39)38-12-10-37(11-13-38)17-18-6-8-32-20(14-18)16-24-34-22-5-4-19(15-23(22)35-24)21-7-9-33-25(36-21)28(29,30)31/h4-9,14-15H,10-13,16-17H2,1-3H3,(H,34,35). The van der Waals surface area contributed by atoms with Gasteiger partial charge in [-0.15, -0.1) is 0 Å². The maximum Gasteiger partial charge on any atom is 0.451 e. The fourth-order valence-corrected chi connectivity index (χ4v) is 4.53. The maximum atomic E-state index is 13.0. The molecule has 0 unspecified atom stereocenters. The van der Waals surface area contributed by atoms with Crippen molar-refractivity contribution in [3.8, 4) is 11.3 Å². The first kappa shape index (κ1) is 27.5. The van der Waals surface area contributed by atoms with Crippen LogP contribution in [0.4, 0.5) is 18.0 Å². The second-order valence-corrected chi connectivity index (χ2v) is 10.8. The van der Waals surface area contributed by atoms with Crippen molar-refractivity contribution in [2.75, 3.05) is 26.2 Å². The monoisotopic (exact) mass is 553 g/mol. The van der Waals surface area contributed by atoms with E-state index in [1.54, 1.807) is 29.3 Å². The van der Waals surface area contributed by atoms with Crippen LogP contribution in [0.25, 0.3) is 22.3 Å². The topological polar surface area (TPSA) is 100 Å². The highest BCUT2D eigenvalue weighted by atomic mass is 19.4. The number of H-pyrrole nitrogens is 1. The molecule has 0 atom stereocenters. The molecular weight excluding hydrogens is 523 g/mol. The number of aromatic amines is 1. The van der Waals surface area contributed by atoms with Crippen LogP contribution in [0.3, 0.4) is 0 Å². The lowest BCUT2D eigenvalue weighted by Crippen LogP contribution is -2.49. The molecule has 12 heteroatoms. The molecule has 9 nitrogen and oxygen atoms in total. The van der Waals surface area contributed by atoms with Crippen molar-refractivity contribution in [3.63, 3.8) is 0 Å². The van der Waals surface area contributed by atoms with Gasteiger partial charge in [0, 0.05) is 62.8 Å². The molecule has 1 aromatic carbocycles. The molecule has 4 aromatic rings. The zero-order chi connectivity index (χ0) is 28.5. The number of halogens is 3. The Labute approximate surface area is 229 Å². The Balaban J connectivity index is 1.23. The molecule has 0 saturated carbocycles. The number of carbonyl (C=O) groups excluding carboxylic acids is 1. The van der Waals surface area contributed by atoms with Crippen molar-refractivity contribution >= 4 is 17.1 Å². The molecule has 210 valence electrons. The summed E-state index contributed by atoms with van der Waals surface area (Å²) in [5, 5.41) is 0. The van der Waals surface area contributed by atoms with Gasteiger partial charge in [0.15, 0.2) is 0 Å². The molecular formula is C28H30F3N7O2. The van der Waals surface area contributed by atoms with Crippen LogP contribution in [0.1, 0.15) is 43.7 Å². The SMILES string of the molecule is CC(C)(C)OC(=O)N1CCN(Cc2ccnc(Cc3nc4ccc(-c5ccnc(C(F)(F)F)n5)cc4[nH]3)c2)CC1. The minimum absolute atomic E-state index is 0.182. The number of carbonyl (C=O) groups is 1. The highest BCUT2D eigenvalue weighted by Gasteiger charge is 2.34. The molecule has 1 aliphatic heterocycles. The van der Waals surface area contributed by atoms with Crippen molar-refractivity contribution in [3.05, 3.63) is 71.7 Å². The molecule has 1 aliphatic rings. The average molecular weight is 554 g/mol. The maximum absolute atomic E-state index is 13.0. The van der Waals surface area contributed by atoms with Crippen molar-refractivity contribution in [2.45, 2.75) is 45.5 Å². The van der Waals surface area contributed by atoms with Gasteiger partial charge in [0.25, 0.3) is 0 Å². The van der Waals surface area contributed by atoms with E-state index in [0.717, 1.165) is 37.1 Å². The number of hydrogen-bond donors (Lipinski definition) is 1. The lowest BCUT2D eigenvalue weighted by molar-refractivity contribution is -0.144. The highest BCUT2D eigenvalue weighted by Crippen LogP contribution is 2.28. The normalized spacial score (nSPS) is 15.0. The molecule has 0 spiro atoms. The Hall–Kier alpha value is -4.06. The molecule has 40 heavy (non-hydrogen) atoms. The van der Waals surface area contributed by atoms with Gasteiger partial charge in [0.05, 0.1) is 16.7 Å². The molecule has 1 saturated heterocycles. The fraction of sp³-hybridized carbons (Fsp3) is 0.393. The molecule has 1 amide bonds. The van der Waals surface area contributed by atoms with E-state index < -0.39 is 17.6 Å². The number of rotatable bonds is 5. The quantitative estimate of drug-likeness (QED) is 0.368. The summed E-state index contributed by atoms with van der Waals surface area (Å²) < 4.78 is 44.6. The van der Waals surface area contributed by atoms with Crippen molar-refractivity contribution in [2.24, 2.45) is 0 Å². The van der Waals surface area contributed by atoms with E-state index in [2.05, 4.69) is 29.8 Å². The summed E-state index contributed by atoms with van der Waals surface area (Å²) in [6.07, 6.45) is -1.55. The number of benzene rings is 1. The number of pyridine rings is 1. The summed E-state index contributed by atoms with van der Waals surface area (Å²) in [7, 11) is 0. The summed E-state index contributed by atoms with van der Waals surface area (Å²) in [5.74, 6) is -0.479. The van der Waals surface area contributed by atoms with E-state index in [0.29, 0.717) is 41.9 Å². The number of alkyl halides is 3. The number of fused-ring (bicyclic) bond motifs is 1. The molecule has 1 N–H and O–H groups in total. The highest BCUT2D eigenvalue weighted by molar-refractivity contribution is 5.81. The predicted octanol–water partition coefficient (Wildman–Crippen LogP) is 5.08. The Morgan fingerprint density at radius 1 is 0.975 bits per heavy atom. The van der Waals surface area contributed by atoms with Gasteiger partial charge in [-0.05, 0) is 56.7 Å². The largest absolute Gasteiger partial charge is 0.451 e. The first-order valence-electron chi connectivity index (χ1n) is 13.0. The second-order valence-electron chi connectivity index (χ2n) is 10.8. The van der Waals surface area contributed by atoms with E-state index in [-0.39, 0.29) is 11.8 Å². The fourth-order valence-electron chi connectivity index (χ4n) is 4.53. The van der Waals surface area contributed by atoms with Crippen LogP contribution in [0.15, 0.2) is 48.8 Å². The van der Waals surface area contributed by atoms with Crippen LogP contribution < -0.4 is 0 Å². The van der Waals surface area contributed by atoms with Crippen molar-refractivity contribution in [1.29, 1.82) is 0 Å². The molecule has 0 aliphatic carbocycles. The summed E-state index contributed by atoms with van der Waals surface area (Å²) in [6.45, 7) is 9.04. The van der Waals surface area contributed by atoms with Gasteiger partial charge in [0.2, 0.25) is 5.82 Å². The molecule has 0 radical (unpaired) electrons. The van der Waals surface area contributed by atoms with Gasteiger partial charge in [0.1, 0.15) is 11.4 Å². The number of nitrogens with zero attached hydrogens (tertiary/aromatic N) is 6. The van der Waals surface area contributed by atoms with Crippen LogP contribution in [-0.4, -0.2) is 72.6 Å². The Bertz CT molecular complexity index is 1510. The molecule has 3 aromatic heterocycles. The molecule has 0 bridgehead atoms. The number of imidazole rings is 1. The second kappa shape index (κ2) is 10.8. The van der Waals surface area contributed by atoms with E-state index >= 15 is 0 Å². The lowest BCUT2D eigenvalue weighted by atomic mass is 10.1. The summed E-state index contributed by atoms with van der Waals surface area (Å²) in [6, 6.07) is 10.6. The third kappa shape index (κ3) is 6.74. The van der Waals surface area contributed by atoms with Crippen LogP contribution in [0, 0.1) is 0 Å². The van der Waals surface area contributed by atoms with Crippen LogP contribution >= 0.6 is 0 Å². The summed E-state index contributed by atoms with van der Waals surface area (Å²) in [5.41, 5.74) is 3.54. The minimum atomic E-state index is -4.61. The third-order valence-electron chi connectivity index (χ3n) is 6.40. The van der Waals surface area contributed by atoms with Gasteiger partial charge in [-0.2, -0.15) is 13.2 Å². The van der Waals surface area contributed by atoms with E-state index in [9.17, 15) is 18.0 Å². The summed E-state index contributed by atoms with van der Waals surface area (Å²) in [4.78, 5) is 35.7. The Kier molecular flexibility index (Phi) is 7.45. The predicted molar refractivity (Wildman–Crippen MR) is 142 cm³/mol. The van der Waals surface area contributed by atoms with Gasteiger partial charge in [-0.25, -0.2) is 19.7 Å². The first-order valence-corrected chi connectivity index (χ1v) is 13.0. The molecule has 1 fully saturated rings. The number of aromatic nitrogens is 5. The lowest BCUT2D eigenvalue weighted by Gasteiger charge is -2.35. The van der Waals surface area contributed by atoms with Crippen LogP contribution in [0.2, 0.25) is 0 Å². The smallest absolute Gasteiger partial charge is 0.444 e. The van der Waals surface area contributed by atoms with Crippen molar-refractivity contribution < 1.29 is 22.7 Å². The van der Waals surface area contributed by atoms with Gasteiger partial charge < -0.3 is 14.6 Å². The zero-order valence-corrected chi connectivity index (χ0v) is 22.5. The number of ether oxygens (including phenoxy) is 1. The summed E-state index contributed by atoms with van der Waals surface area (Å²) >= 11 is 0. The van der Waals surface area contributed by atoms with Gasteiger partial charge >= 0.3 is 12.3 Å². The number of piperazine rings is 1. The average Bonchev–Trinajstić information content (AvgIpc) is 3.29. The number of hydrogen-bond acceptors (Lipinski definition) is 7. The van der Waals surface area contributed by atoms with E-state index in [4.69, 9.17) is 4.74 Å². The van der Waals surface area contributed by atoms with Gasteiger partial charge in [-0.1, -0.05) is 6.07 Å². The number of nitrogens with one attached hydrogen (secondary N) is 1. The van der Waals surface area contributed by atoms with Crippen LogP contribution in [-0.2, 0) is 23.9 Å². The third-order valence-corrected chi connectivity index (χ3v) is 6.40. The van der Waals surface area contributed by atoms with E-state index in [1.165, 1.54) is 6.07 Å². The Morgan fingerprint density at radius 3 is 2.45 bits per heavy atom. The van der Waals surface area contributed by atoms with Crippen LogP contribution in [0.5, 0.6) is 0 Å². The molecule has 5 rings (SSSR count). The first-order chi connectivity index (χ1) is 18.9. The number of amides is 1. The minimum Gasteiger partial charge on any atom is -0.444 e. The Morgan fingerprint density at radius 2 is 1.73 bits per heavy atom. The van der Waals surface area contributed by atoms with Crippen molar-refractivity contribution in [1.82, 2.24) is 34.7 Å². The van der Waals surface area contributed by atoms with Gasteiger partial charge in [-0.3, -0.25) is 9.88 Å². The molecule has 4 heterocycles.